The Labute approximate surface area is 107 Å². The second kappa shape index (κ2) is 4.58. The number of hydrogen-bond acceptors (Lipinski definition) is 7. The Morgan fingerprint density at radius 2 is 2.33 bits per heavy atom. The normalized spacial score (nSPS) is 10.3. The minimum absolute atomic E-state index is 0.105. The van der Waals surface area contributed by atoms with Crippen LogP contribution < -0.4 is 5.73 Å². The highest BCUT2D eigenvalue weighted by molar-refractivity contribution is 7.13. The van der Waals surface area contributed by atoms with Crippen molar-refractivity contribution in [3.05, 3.63) is 16.8 Å². The summed E-state index contributed by atoms with van der Waals surface area (Å²) in [5.74, 6) is -0.423. The van der Waals surface area contributed by atoms with Gasteiger partial charge in [-0.05, 0) is 30.9 Å². The summed E-state index contributed by atoms with van der Waals surface area (Å²) < 4.78 is 9.61. The van der Waals surface area contributed by atoms with E-state index in [0.29, 0.717) is 21.3 Å². The van der Waals surface area contributed by atoms with Crippen LogP contribution in [0.15, 0.2) is 0 Å². The lowest BCUT2D eigenvalue weighted by atomic mass is 10.1. The third-order valence-corrected chi connectivity index (χ3v) is 3.41. The summed E-state index contributed by atoms with van der Waals surface area (Å²) in [6.07, 6.45) is 0. The maximum atomic E-state index is 11.7. The molecule has 6 nitrogen and oxygen atoms in total. The summed E-state index contributed by atoms with van der Waals surface area (Å²) in [5, 5.41) is 8.98. The Morgan fingerprint density at radius 1 is 1.61 bits per heavy atom. The molecule has 0 unspecified atom stereocenters. The minimum atomic E-state index is -0.528. The molecule has 0 radical (unpaired) electrons. The first-order chi connectivity index (χ1) is 8.60. The van der Waals surface area contributed by atoms with Crippen molar-refractivity contribution in [3.63, 3.8) is 0 Å². The molecular formula is C11H10N4O2S. The summed E-state index contributed by atoms with van der Waals surface area (Å²) >= 11 is 1.11. The van der Waals surface area contributed by atoms with E-state index in [2.05, 4.69) is 9.36 Å². The zero-order valence-corrected chi connectivity index (χ0v) is 10.7. The number of nitrogens with zero attached hydrogens (tertiary/aromatic N) is 3. The van der Waals surface area contributed by atoms with Gasteiger partial charge in [0.05, 0.1) is 16.9 Å². The van der Waals surface area contributed by atoms with Crippen LogP contribution in [0.4, 0.5) is 5.82 Å². The number of aromatic nitrogens is 2. The number of carbonyl (C=O) groups excluding carboxylic acids is 1. The van der Waals surface area contributed by atoms with Gasteiger partial charge in [-0.1, -0.05) is 0 Å². The third-order valence-electron chi connectivity index (χ3n) is 2.45. The van der Waals surface area contributed by atoms with Crippen LogP contribution in [0.5, 0.6) is 0 Å². The van der Waals surface area contributed by atoms with Gasteiger partial charge < -0.3 is 10.5 Å². The van der Waals surface area contributed by atoms with Crippen LogP contribution in [0.3, 0.4) is 0 Å². The van der Waals surface area contributed by atoms with E-state index >= 15 is 0 Å². The molecule has 2 rings (SSSR count). The Bertz CT molecular complexity index is 672. The molecule has 0 fully saturated rings. The number of nitriles is 1. The third kappa shape index (κ3) is 1.76. The number of pyridine rings is 1. The minimum Gasteiger partial charge on any atom is -0.461 e. The van der Waals surface area contributed by atoms with Crippen LogP contribution in [0.25, 0.3) is 10.2 Å². The standard InChI is InChI=1S/C11H10N4O2S/c1-3-17-11(16)8-7-9(18-15-8)5(2)6(4-12)10(13)14-7/h3H2,1-2H3,(H2,13,14). The summed E-state index contributed by atoms with van der Waals surface area (Å²) in [4.78, 5) is 15.7. The van der Waals surface area contributed by atoms with Crippen molar-refractivity contribution >= 4 is 33.5 Å². The first-order valence-electron chi connectivity index (χ1n) is 5.22. The van der Waals surface area contributed by atoms with Gasteiger partial charge in [0.25, 0.3) is 0 Å². The number of fused-ring (bicyclic) bond motifs is 1. The Hall–Kier alpha value is -2.20. The van der Waals surface area contributed by atoms with Crippen molar-refractivity contribution in [1.82, 2.24) is 9.36 Å². The van der Waals surface area contributed by atoms with E-state index in [1.807, 2.05) is 6.07 Å². The smallest absolute Gasteiger partial charge is 0.360 e. The van der Waals surface area contributed by atoms with Crippen molar-refractivity contribution in [2.45, 2.75) is 13.8 Å². The molecule has 0 spiro atoms. The number of ether oxygens (including phenoxy) is 1. The molecule has 7 heteroatoms. The van der Waals surface area contributed by atoms with Gasteiger partial charge in [-0.3, -0.25) is 0 Å². The SMILES string of the molecule is CCOC(=O)c1nsc2c(C)c(C#N)c(N)nc12. The zero-order valence-electron chi connectivity index (χ0n) is 9.85. The van der Waals surface area contributed by atoms with E-state index in [1.165, 1.54) is 0 Å². The predicted octanol–water partition coefficient (Wildman–Crippen LogP) is 1.63. The van der Waals surface area contributed by atoms with E-state index in [1.54, 1.807) is 13.8 Å². The van der Waals surface area contributed by atoms with Crippen LogP contribution in [-0.2, 0) is 4.74 Å². The molecule has 0 saturated carbocycles. The molecule has 92 valence electrons. The van der Waals surface area contributed by atoms with E-state index in [4.69, 9.17) is 15.7 Å². The fourth-order valence-corrected chi connectivity index (χ4v) is 2.40. The van der Waals surface area contributed by atoms with E-state index in [-0.39, 0.29) is 18.1 Å². The number of nitrogen functional groups attached to an aromatic ring is 1. The number of anilines is 1. The van der Waals surface area contributed by atoms with Crippen LogP contribution in [-0.4, -0.2) is 21.9 Å². The quantitative estimate of drug-likeness (QED) is 0.825. The van der Waals surface area contributed by atoms with Crippen LogP contribution >= 0.6 is 11.5 Å². The lowest BCUT2D eigenvalue weighted by Crippen LogP contribution is -2.06. The summed E-state index contributed by atoms with van der Waals surface area (Å²) in [6.45, 7) is 3.74. The molecule has 0 atom stereocenters. The average molecular weight is 262 g/mol. The first kappa shape index (κ1) is 12.3. The van der Waals surface area contributed by atoms with Crippen molar-refractivity contribution in [1.29, 1.82) is 5.26 Å². The van der Waals surface area contributed by atoms with Gasteiger partial charge in [0.2, 0.25) is 0 Å². The van der Waals surface area contributed by atoms with Crippen molar-refractivity contribution in [2.75, 3.05) is 12.3 Å². The first-order valence-corrected chi connectivity index (χ1v) is 6.00. The van der Waals surface area contributed by atoms with Gasteiger partial charge in [0, 0.05) is 0 Å². The molecule has 0 bridgehead atoms. The maximum absolute atomic E-state index is 11.7. The molecule has 0 aromatic carbocycles. The Morgan fingerprint density at radius 3 is 2.94 bits per heavy atom. The Kier molecular flexibility index (Phi) is 3.12. The van der Waals surface area contributed by atoms with E-state index in [9.17, 15) is 4.79 Å². The molecule has 0 amide bonds. The molecule has 0 saturated heterocycles. The van der Waals surface area contributed by atoms with Gasteiger partial charge in [-0.2, -0.15) is 9.64 Å². The van der Waals surface area contributed by atoms with Gasteiger partial charge in [-0.25, -0.2) is 9.78 Å². The highest BCUT2D eigenvalue weighted by Crippen LogP contribution is 2.29. The fourth-order valence-electron chi connectivity index (χ4n) is 1.59. The highest BCUT2D eigenvalue weighted by Gasteiger charge is 2.20. The molecule has 2 aromatic heterocycles. The molecular weight excluding hydrogens is 252 g/mol. The predicted molar refractivity (Wildman–Crippen MR) is 67.2 cm³/mol. The van der Waals surface area contributed by atoms with Crippen LogP contribution in [0.2, 0.25) is 0 Å². The molecule has 0 aliphatic carbocycles. The number of aryl methyl sites for hydroxylation is 1. The van der Waals surface area contributed by atoms with Gasteiger partial charge in [0.15, 0.2) is 5.69 Å². The van der Waals surface area contributed by atoms with Crippen molar-refractivity contribution < 1.29 is 9.53 Å². The molecule has 18 heavy (non-hydrogen) atoms. The number of nitrogens with two attached hydrogens (primary N) is 1. The average Bonchev–Trinajstić information content (AvgIpc) is 2.73. The summed E-state index contributed by atoms with van der Waals surface area (Å²) in [7, 11) is 0. The molecule has 0 aliphatic heterocycles. The highest BCUT2D eigenvalue weighted by atomic mass is 32.1. The van der Waals surface area contributed by atoms with E-state index < -0.39 is 5.97 Å². The lowest BCUT2D eigenvalue weighted by molar-refractivity contribution is 0.0523. The molecule has 2 N–H and O–H groups in total. The molecule has 2 heterocycles. The van der Waals surface area contributed by atoms with E-state index in [0.717, 1.165) is 11.5 Å². The van der Waals surface area contributed by atoms with Crippen molar-refractivity contribution in [3.8, 4) is 6.07 Å². The van der Waals surface area contributed by atoms with Gasteiger partial charge in [0.1, 0.15) is 17.4 Å². The number of esters is 1. The second-order valence-corrected chi connectivity index (χ2v) is 4.31. The molecule has 0 aliphatic rings. The largest absolute Gasteiger partial charge is 0.461 e. The van der Waals surface area contributed by atoms with Crippen molar-refractivity contribution in [2.24, 2.45) is 0 Å². The Balaban J connectivity index is 2.69. The summed E-state index contributed by atoms with van der Waals surface area (Å²) in [6, 6.07) is 1.99. The summed E-state index contributed by atoms with van der Waals surface area (Å²) in [5.41, 5.74) is 7.25. The zero-order chi connectivity index (χ0) is 13.3. The lowest BCUT2D eigenvalue weighted by Gasteiger charge is -2.03. The van der Waals surface area contributed by atoms with Crippen LogP contribution in [0, 0.1) is 18.3 Å². The number of carbonyl (C=O) groups is 1. The maximum Gasteiger partial charge on any atom is 0.360 e. The molecule has 2 aromatic rings. The monoisotopic (exact) mass is 262 g/mol. The second-order valence-electron chi connectivity index (χ2n) is 3.54. The number of hydrogen-bond donors (Lipinski definition) is 1. The van der Waals surface area contributed by atoms with Crippen LogP contribution in [0.1, 0.15) is 28.5 Å². The van der Waals surface area contributed by atoms with Gasteiger partial charge in [-0.15, -0.1) is 0 Å². The number of rotatable bonds is 2. The fraction of sp³-hybridized carbons (Fsp3) is 0.273. The topological polar surface area (TPSA) is 102 Å². The van der Waals surface area contributed by atoms with Gasteiger partial charge >= 0.3 is 5.97 Å².